The van der Waals surface area contributed by atoms with Crippen molar-refractivity contribution in [2.45, 2.75) is 12.2 Å². The normalized spacial score (nSPS) is 12.1. The van der Waals surface area contributed by atoms with Gasteiger partial charge in [-0.25, -0.2) is 17.2 Å². The van der Waals surface area contributed by atoms with Crippen molar-refractivity contribution in [1.29, 1.82) is 0 Å². The van der Waals surface area contributed by atoms with Crippen LogP contribution in [0.2, 0.25) is 0 Å². The zero-order chi connectivity index (χ0) is 14.6. The molecule has 0 saturated heterocycles. The van der Waals surface area contributed by atoms with Gasteiger partial charge in [0.2, 0.25) is 10.0 Å². The number of nitrogens with zero attached hydrogens (tertiary/aromatic N) is 1. The van der Waals surface area contributed by atoms with Gasteiger partial charge in [-0.2, -0.15) is 4.31 Å². The zero-order valence-corrected chi connectivity index (χ0v) is 10.9. The number of sulfonamides is 1. The van der Waals surface area contributed by atoms with Crippen molar-refractivity contribution in [1.82, 2.24) is 4.31 Å². The maximum atomic E-state index is 12.3. The zero-order valence-electron chi connectivity index (χ0n) is 10.1. The predicted molar refractivity (Wildman–Crippen MR) is 64.3 cm³/mol. The molecule has 0 fully saturated rings. The molecule has 0 atom stereocenters. The average Bonchev–Trinajstić information content (AvgIpc) is 2.28. The Morgan fingerprint density at radius 1 is 1.32 bits per heavy atom. The predicted octanol–water partition coefficient (Wildman–Crippen LogP) is 1.47. The van der Waals surface area contributed by atoms with Crippen LogP contribution in [0.15, 0.2) is 24.3 Å². The smallest absolute Gasteiger partial charge is 0.318 e. The van der Waals surface area contributed by atoms with E-state index in [4.69, 9.17) is 5.11 Å². The quantitative estimate of drug-likeness (QED) is 0.862. The molecule has 5 nitrogen and oxygen atoms in total. The summed E-state index contributed by atoms with van der Waals surface area (Å²) in [6, 6.07) is 4.86. The van der Waals surface area contributed by atoms with Crippen LogP contribution in [-0.4, -0.2) is 37.4 Å². The monoisotopic (exact) mass is 293 g/mol. The molecular weight excluding hydrogens is 280 g/mol. The van der Waals surface area contributed by atoms with Crippen LogP contribution in [0, 0.1) is 0 Å². The lowest BCUT2D eigenvalue weighted by Crippen LogP contribution is -2.32. The highest BCUT2D eigenvalue weighted by molar-refractivity contribution is 7.88. The Kier molecular flexibility index (Phi) is 4.96. The molecule has 0 bridgehead atoms. The number of likely N-dealkylation sites (N-methyl/N-ethyl adjacent to an activating group) is 1. The molecule has 1 N–H and O–H groups in total. The molecule has 8 heteroatoms. The van der Waals surface area contributed by atoms with Gasteiger partial charge >= 0.3 is 5.97 Å². The lowest BCUT2D eigenvalue weighted by Gasteiger charge is -2.14. The third-order valence-corrected chi connectivity index (χ3v) is 4.19. The lowest BCUT2D eigenvalue weighted by atomic mass is 10.2. The summed E-state index contributed by atoms with van der Waals surface area (Å²) < 4.78 is 48.9. The van der Waals surface area contributed by atoms with Gasteiger partial charge in [-0.1, -0.05) is 24.3 Å². The van der Waals surface area contributed by atoms with E-state index in [1.54, 1.807) is 0 Å². The fourth-order valence-electron chi connectivity index (χ4n) is 1.37. The minimum Gasteiger partial charge on any atom is -0.480 e. The fraction of sp³-hybridized carbons (Fsp3) is 0.364. The van der Waals surface area contributed by atoms with Gasteiger partial charge in [-0.3, -0.25) is 4.79 Å². The summed E-state index contributed by atoms with van der Waals surface area (Å²) in [4.78, 5) is 10.4. The Morgan fingerprint density at radius 2 is 1.84 bits per heavy atom. The molecule has 106 valence electrons. The lowest BCUT2D eigenvalue weighted by molar-refractivity contribution is -0.137. The van der Waals surface area contributed by atoms with Crippen LogP contribution in [0.3, 0.4) is 0 Å². The first kappa shape index (κ1) is 15.5. The molecule has 1 aromatic rings. The van der Waals surface area contributed by atoms with Crippen molar-refractivity contribution in [3.05, 3.63) is 35.4 Å². The van der Waals surface area contributed by atoms with Crippen LogP contribution >= 0.6 is 0 Å². The SMILES string of the molecule is CN(CC(=O)O)S(=O)(=O)Cc1ccc(C(F)F)cc1. The van der Waals surface area contributed by atoms with E-state index < -0.39 is 34.7 Å². The molecule has 0 aliphatic heterocycles. The highest BCUT2D eigenvalue weighted by Crippen LogP contribution is 2.19. The molecule has 0 heterocycles. The molecule has 0 aliphatic rings. The molecule has 1 rings (SSSR count). The van der Waals surface area contributed by atoms with E-state index >= 15 is 0 Å². The van der Waals surface area contributed by atoms with E-state index in [2.05, 4.69) is 0 Å². The first-order valence-electron chi connectivity index (χ1n) is 5.25. The third kappa shape index (κ3) is 4.56. The number of hydrogen-bond acceptors (Lipinski definition) is 3. The summed E-state index contributed by atoms with van der Waals surface area (Å²) >= 11 is 0. The largest absolute Gasteiger partial charge is 0.480 e. The number of carboxylic acid groups (broad SMARTS) is 1. The van der Waals surface area contributed by atoms with Crippen molar-refractivity contribution < 1.29 is 27.1 Å². The second-order valence-corrected chi connectivity index (χ2v) is 6.02. The van der Waals surface area contributed by atoms with Gasteiger partial charge in [0.1, 0.15) is 6.54 Å². The highest BCUT2D eigenvalue weighted by atomic mass is 32.2. The summed E-state index contributed by atoms with van der Waals surface area (Å²) in [5.41, 5.74) is 0.127. The topological polar surface area (TPSA) is 74.7 Å². The number of aliphatic carboxylic acids is 1. The summed E-state index contributed by atoms with van der Waals surface area (Å²) in [6.07, 6.45) is -2.61. The van der Waals surface area contributed by atoms with Crippen LogP contribution in [0.25, 0.3) is 0 Å². The van der Waals surface area contributed by atoms with Gasteiger partial charge in [0.15, 0.2) is 0 Å². The average molecular weight is 293 g/mol. The Bertz CT molecular complexity index is 542. The van der Waals surface area contributed by atoms with E-state index in [-0.39, 0.29) is 5.56 Å². The molecule has 0 aromatic heterocycles. The Hall–Kier alpha value is -1.54. The Morgan fingerprint density at radius 3 is 2.26 bits per heavy atom. The van der Waals surface area contributed by atoms with Crippen LogP contribution < -0.4 is 0 Å². The van der Waals surface area contributed by atoms with Crippen molar-refractivity contribution in [3.63, 3.8) is 0 Å². The second kappa shape index (κ2) is 6.07. The second-order valence-electron chi connectivity index (χ2n) is 3.95. The molecule has 1 aromatic carbocycles. The standard InChI is InChI=1S/C11H13F2NO4S/c1-14(6-10(15)16)19(17,18)7-8-2-4-9(5-3-8)11(12)13/h2-5,11H,6-7H2,1H3,(H,15,16). The van der Waals surface area contributed by atoms with E-state index in [0.29, 0.717) is 9.87 Å². The van der Waals surface area contributed by atoms with Crippen molar-refractivity contribution in [3.8, 4) is 0 Å². The molecular formula is C11H13F2NO4S. The van der Waals surface area contributed by atoms with Crippen LogP contribution in [0.1, 0.15) is 17.6 Å². The molecule has 19 heavy (non-hydrogen) atoms. The van der Waals surface area contributed by atoms with E-state index in [1.807, 2.05) is 0 Å². The number of halogens is 2. The van der Waals surface area contributed by atoms with E-state index in [0.717, 1.165) is 19.2 Å². The van der Waals surface area contributed by atoms with Crippen molar-refractivity contribution in [2.75, 3.05) is 13.6 Å². The van der Waals surface area contributed by atoms with E-state index in [1.165, 1.54) is 12.1 Å². The molecule has 0 aliphatic carbocycles. The molecule has 0 unspecified atom stereocenters. The Balaban J connectivity index is 2.80. The van der Waals surface area contributed by atoms with Crippen LogP contribution in [0.4, 0.5) is 8.78 Å². The number of hydrogen-bond donors (Lipinski definition) is 1. The first-order valence-corrected chi connectivity index (χ1v) is 6.86. The molecule has 0 radical (unpaired) electrons. The Labute approximate surface area is 109 Å². The first-order chi connectivity index (χ1) is 8.72. The molecule has 0 saturated carbocycles. The summed E-state index contributed by atoms with van der Waals surface area (Å²) in [5, 5.41) is 8.52. The van der Waals surface area contributed by atoms with Gasteiger partial charge < -0.3 is 5.11 Å². The summed E-state index contributed by atoms with van der Waals surface area (Å²) in [6.45, 7) is -0.641. The molecule has 0 spiro atoms. The fourth-order valence-corrected chi connectivity index (χ4v) is 2.51. The van der Waals surface area contributed by atoms with Crippen molar-refractivity contribution in [2.24, 2.45) is 0 Å². The van der Waals surface area contributed by atoms with Crippen LogP contribution in [0.5, 0.6) is 0 Å². The van der Waals surface area contributed by atoms with Crippen LogP contribution in [-0.2, 0) is 20.6 Å². The van der Waals surface area contributed by atoms with E-state index in [9.17, 15) is 22.0 Å². The molecule has 0 amide bonds. The van der Waals surface area contributed by atoms with Gasteiger partial charge in [0, 0.05) is 12.6 Å². The van der Waals surface area contributed by atoms with Gasteiger partial charge in [0.05, 0.1) is 5.75 Å². The minimum absolute atomic E-state index is 0.194. The van der Waals surface area contributed by atoms with Gasteiger partial charge in [0.25, 0.3) is 6.43 Å². The maximum Gasteiger partial charge on any atom is 0.318 e. The maximum absolute atomic E-state index is 12.3. The van der Waals surface area contributed by atoms with Gasteiger partial charge in [-0.15, -0.1) is 0 Å². The van der Waals surface area contributed by atoms with Crippen molar-refractivity contribution >= 4 is 16.0 Å². The number of carboxylic acids is 1. The number of benzene rings is 1. The summed E-state index contributed by atoms with van der Waals surface area (Å²) in [7, 11) is -2.63. The summed E-state index contributed by atoms with van der Waals surface area (Å²) in [5.74, 6) is -1.69. The number of carbonyl (C=O) groups is 1. The number of alkyl halides is 2. The highest BCUT2D eigenvalue weighted by Gasteiger charge is 2.20. The number of rotatable bonds is 6. The third-order valence-electron chi connectivity index (χ3n) is 2.41. The van der Waals surface area contributed by atoms with Gasteiger partial charge in [-0.05, 0) is 5.56 Å². The minimum atomic E-state index is -3.78.